The Morgan fingerprint density at radius 1 is 1.10 bits per heavy atom. The Morgan fingerprint density at radius 3 is 2.65 bits per heavy atom. The monoisotopic (exact) mass is 289 g/mol. The Bertz CT molecular complexity index is 830. The first kappa shape index (κ1) is 12.7. The molecule has 0 aliphatic heterocycles. The van der Waals surface area contributed by atoms with E-state index >= 15 is 0 Å². The number of hydrogen-bond acceptors (Lipinski definition) is 5. The molecule has 3 aromatic rings. The Hall–Kier alpha value is -2.32. The molecule has 0 bridgehead atoms. The van der Waals surface area contributed by atoms with Crippen molar-refractivity contribution in [1.82, 2.24) is 25.3 Å². The largest absolute Gasteiger partial charge is 0.240 e. The molecule has 0 saturated carbocycles. The van der Waals surface area contributed by atoms with Crippen molar-refractivity contribution in [3.63, 3.8) is 0 Å². The lowest BCUT2D eigenvalue weighted by molar-refractivity contribution is 0.579. The van der Waals surface area contributed by atoms with Gasteiger partial charge in [0.15, 0.2) is 5.82 Å². The lowest BCUT2D eigenvalue weighted by atomic mass is 10.1. The van der Waals surface area contributed by atoms with Gasteiger partial charge in [-0.1, -0.05) is 35.5 Å². The molecule has 1 aromatic heterocycles. The smallest absolute Gasteiger partial charge is 0.207 e. The standard InChI is InChI=1S/C12H11N5O2S/c18-20(19,13-8-12-14-16-17-15-12)11-6-5-9-3-1-2-4-10(9)7-11/h1-7,13H,8H2,(H,14,15,16,17). The molecule has 7 nitrogen and oxygen atoms in total. The van der Waals surface area contributed by atoms with E-state index in [1.165, 1.54) is 0 Å². The van der Waals surface area contributed by atoms with Crippen LogP contribution in [0.25, 0.3) is 10.8 Å². The Labute approximate surface area is 115 Å². The van der Waals surface area contributed by atoms with Gasteiger partial charge in [-0.2, -0.15) is 5.21 Å². The van der Waals surface area contributed by atoms with Crippen molar-refractivity contribution in [2.24, 2.45) is 0 Å². The fraction of sp³-hybridized carbons (Fsp3) is 0.0833. The van der Waals surface area contributed by atoms with E-state index in [1.807, 2.05) is 24.3 Å². The predicted octanol–water partition coefficient (Wildman–Crippen LogP) is 0.831. The molecule has 0 unspecified atom stereocenters. The van der Waals surface area contributed by atoms with Crippen molar-refractivity contribution < 1.29 is 8.42 Å². The second-order valence-corrected chi connectivity index (χ2v) is 5.93. The molecule has 2 N–H and O–H groups in total. The van der Waals surface area contributed by atoms with Crippen LogP contribution >= 0.6 is 0 Å². The first-order chi connectivity index (χ1) is 9.65. The van der Waals surface area contributed by atoms with Gasteiger partial charge in [0.1, 0.15) is 0 Å². The van der Waals surface area contributed by atoms with Crippen LogP contribution in [0, 0.1) is 0 Å². The van der Waals surface area contributed by atoms with Gasteiger partial charge in [-0.05, 0) is 22.9 Å². The molecule has 8 heteroatoms. The number of nitrogens with zero attached hydrogens (tertiary/aromatic N) is 3. The van der Waals surface area contributed by atoms with Gasteiger partial charge in [0, 0.05) is 0 Å². The lowest BCUT2D eigenvalue weighted by Gasteiger charge is -2.06. The number of rotatable bonds is 4. The van der Waals surface area contributed by atoms with Crippen molar-refractivity contribution in [2.45, 2.75) is 11.4 Å². The number of H-pyrrole nitrogens is 1. The number of sulfonamides is 1. The van der Waals surface area contributed by atoms with Crippen LogP contribution in [0.4, 0.5) is 0 Å². The minimum absolute atomic E-state index is 0.00827. The summed E-state index contributed by atoms with van der Waals surface area (Å²) in [6, 6.07) is 12.6. The van der Waals surface area contributed by atoms with Crippen LogP contribution in [0.3, 0.4) is 0 Å². The van der Waals surface area contributed by atoms with E-state index in [2.05, 4.69) is 25.3 Å². The Kier molecular flexibility index (Phi) is 3.17. The third-order valence-corrected chi connectivity index (χ3v) is 4.24. The minimum atomic E-state index is -3.60. The van der Waals surface area contributed by atoms with Gasteiger partial charge in [0.05, 0.1) is 11.4 Å². The van der Waals surface area contributed by atoms with Crippen LogP contribution in [-0.4, -0.2) is 29.0 Å². The van der Waals surface area contributed by atoms with Gasteiger partial charge in [-0.3, -0.25) is 0 Å². The fourth-order valence-electron chi connectivity index (χ4n) is 1.83. The van der Waals surface area contributed by atoms with Crippen LogP contribution in [-0.2, 0) is 16.6 Å². The molecule has 3 rings (SSSR count). The van der Waals surface area contributed by atoms with Crippen LogP contribution in [0.15, 0.2) is 47.4 Å². The highest BCUT2D eigenvalue weighted by atomic mass is 32.2. The molecule has 0 aliphatic rings. The molecule has 0 saturated heterocycles. The van der Waals surface area contributed by atoms with Gasteiger partial charge in [0.2, 0.25) is 10.0 Å². The van der Waals surface area contributed by atoms with E-state index < -0.39 is 10.0 Å². The summed E-state index contributed by atoms with van der Waals surface area (Å²) < 4.78 is 26.8. The number of nitrogens with one attached hydrogen (secondary N) is 2. The SMILES string of the molecule is O=S(=O)(NCc1nn[nH]n1)c1ccc2ccccc2c1. The van der Waals surface area contributed by atoms with Gasteiger partial charge in [0.25, 0.3) is 0 Å². The van der Waals surface area contributed by atoms with E-state index in [0.29, 0.717) is 0 Å². The highest BCUT2D eigenvalue weighted by Crippen LogP contribution is 2.18. The maximum Gasteiger partial charge on any atom is 0.240 e. The molecular formula is C12H11N5O2S. The zero-order valence-corrected chi connectivity index (χ0v) is 11.1. The average molecular weight is 289 g/mol. The van der Waals surface area contributed by atoms with Crippen molar-refractivity contribution in [3.8, 4) is 0 Å². The zero-order valence-electron chi connectivity index (χ0n) is 10.3. The summed E-state index contributed by atoms with van der Waals surface area (Å²) in [4.78, 5) is 0.208. The van der Waals surface area contributed by atoms with Crippen molar-refractivity contribution in [1.29, 1.82) is 0 Å². The normalized spacial score (nSPS) is 11.8. The predicted molar refractivity (Wildman–Crippen MR) is 72.2 cm³/mol. The average Bonchev–Trinajstić information content (AvgIpc) is 2.98. The number of aromatic nitrogens is 4. The Balaban J connectivity index is 1.88. The lowest BCUT2D eigenvalue weighted by Crippen LogP contribution is -2.23. The second kappa shape index (κ2) is 4.99. The molecule has 0 radical (unpaired) electrons. The van der Waals surface area contributed by atoms with Gasteiger partial charge in [-0.15, -0.1) is 10.2 Å². The quantitative estimate of drug-likeness (QED) is 0.741. The summed E-state index contributed by atoms with van der Waals surface area (Å²) in [6.45, 7) is -0.00827. The molecule has 1 heterocycles. The van der Waals surface area contributed by atoms with Gasteiger partial charge < -0.3 is 0 Å². The van der Waals surface area contributed by atoms with Crippen molar-refractivity contribution >= 4 is 20.8 Å². The number of hydrogen-bond donors (Lipinski definition) is 2. The third-order valence-electron chi connectivity index (χ3n) is 2.84. The molecule has 0 fully saturated rings. The van der Waals surface area contributed by atoms with E-state index in [1.54, 1.807) is 18.2 Å². The Morgan fingerprint density at radius 2 is 1.90 bits per heavy atom. The summed E-state index contributed by atoms with van der Waals surface area (Å²) in [5, 5.41) is 14.9. The van der Waals surface area contributed by atoms with Gasteiger partial charge >= 0.3 is 0 Å². The number of aromatic amines is 1. The van der Waals surface area contributed by atoms with Crippen LogP contribution in [0.1, 0.15) is 5.82 Å². The van der Waals surface area contributed by atoms with Crippen molar-refractivity contribution in [2.75, 3.05) is 0 Å². The second-order valence-electron chi connectivity index (χ2n) is 4.16. The van der Waals surface area contributed by atoms with Crippen molar-refractivity contribution in [3.05, 3.63) is 48.3 Å². The summed E-state index contributed by atoms with van der Waals surface area (Å²) in [5.41, 5.74) is 0. The topological polar surface area (TPSA) is 101 Å². The summed E-state index contributed by atoms with van der Waals surface area (Å²) in [5.74, 6) is 0.286. The summed E-state index contributed by atoms with van der Waals surface area (Å²) in [6.07, 6.45) is 0. The maximum atomic E-state index is 12.2. The number of tetrazole rings is 1. The molecule has 0 spiro atoms. The van der Waals surface area contributed by atoms with E-state index in [4.69, 9.17) is 0 Å². The molecule has 0 amide bonds. The summed E-state index contributed by atoms with van der Waals surface area (Å²) >= 11 is 0. The van der Waals surface area contributed by atoms with E-state index in [-0.39, 0.29) is 17.3 Å². The molecule has 2 aromatic carbocycles. The number of fused-ring (bicyclic) bond motifs is 1. The van der Waals surface area contributed by atoms with Gasteiger partial charge in [-0.25, -0.2) is 13.1 Å². The molecular weight excluding hydrogens is 278 g/mol. The fourth-order valence-corrected chi connectivity index (χ4v) is 2.85. The molecule has 0 aliphatic carbocycles. The maximum absolute atomic E-state index is 12.2. The van der Waals surface area contributed by atoms with Crippen LogP contribution in [0.5, 0.6) is 0 Å². The first-order valence-electron chi connectivity index (χ1n) is 5.86. The molecule has 0 atom stereocenters. The van der Waals surface area contributed by atoms with E-state index in [0.717, 1.165) is 10.8 Å². The van der Waals surface area contributed by atoms with E-state index in [9.17, 15) is 8.42 Å². The molecule has 102 valence electrons. The highest BCUT2D eigenvalue weighted by molar-refractivity contribution is 7.89. The van der Waals surface area contributed by atoms with Crippen LogP contribution in [0.2, 0.25) is 0 Å². The number of benzene rings is 2. The minimum Gasteiger partial charge on any atom is -0.207 e. The molecule has 20 heavy (non-hydrogen) atoms. The first-order valence-corrected chi connectivity index (χ1v) is 7.34. The summed E-state index contributed by atoms with van der Waals surface area (Å²) in [7, 11) is -3.60. The highest BCUT2D eigenvalue weighted by Gasteiger charge is 2.15. The third kappa shape index (κ3) is 2.51. The van der Waals surface area contributed by atoms with Crippen LogP contribution < -0.4 is 4.72 Å². The zero-order chi connectivity index (χ0) is 14.0.